The fourth-order valence-corrected chi connectivity index (χ4v) is 1.53. The van der Waals surface area contributed by atoms with Crippen LogP contribution in [-0.2, 0) is 17.2 Å². The number of carbonyl (C=O) groups excluding carboxylic acids is 1. The van der Waals surface area contributed by atoms with E-state index in [4.69, 9.17) is 4.74 Å². The minimum Gasteiger partial charge on any atom is -0.444 e. The summed E-state index contributed by atoms with van der Waals surface area (Å²) in [5, 5.41) is 0. The summed E-state index contributed by atoms with van der Waals surface area (Å²) in [7, 11) is 0. The van der Waals surface area contributed by atoms with Crippen LogP contribution < -0.4 is 0 Å². The second kappa shape index (κ2) is 10.0. The Morgan fingerprint density at radius 3 is 2.47 bits per heavy atom. The van der Waals surface area contributed by atoms with Gasteiger partial charge in [-0.2, -0.15) is 0 Å². The number of amides is 1. The number of nitrogens with zero attached hydrogens (tertiary/aromatic N) is 1. The van der Waals surface area contributed by atoms with Crippen LogP contribution in [0, 0.1) is 0 Å². The molecule has 0 N–H and O–H groups in total. The van der Waals surface area contributed by atoms with E-state index in [1.807, 2.05) is 6.92 Å². The Morgan fingerprint density at radius 2 is 1.93 bits per heavy atom. The molecule has 3 nitrogen and oxygen atoms in total. The molecule has 0 aromatic rings. The molecule has 0 spiro atoms. The zero-order valence-electron chi connectivity index (χ0n) is 9.70. The molecule has 15 heavy (non-hydrogen) atoms. The third-order valence-corrected chi connectivity index (χ3v) is 2.58. The van der Waals surface area contributed by atoms with Crippen LogP contribution in [0.25, 0.3) is 0 Å². The predicted molar refractivity (Wildman–Crippen MR) is 63.7 cm³/mol. The van der Waals surface area contributed by atoms with Crippen molar-refractivity contribution in [3.8, 4) is 0 Å². The number of hydrogen-bond acceptors (Lipinski definition) is 3. The first-order valence-electron chi connectivity index (χ1n) is 5.78. The van der Waals surface area contributed by atoms with Crippen molar-refractivity contribution in [2.75, 3.05) is 0 Å². The molecule has 0 fully saturated rings. The Hall–Kier alpha value is -0.510. The molecule has 1 amide bonds. The largest absolute Gasteiger partial charge is 0.445 e. The third kappa shape index (κ3) is 8.48. The normalized spacial score (nSPS) is 12.1. The van der Waals surface area contributed by atoms with E-state index in [1.54, 1.807) is 0 Å². The summed E-state index contributed by atoms with van der Waals surface area (Å²) in [4.78, 5) is 10.8. The lowest BCUT2D eigenvalue weighted by molar-refractivity contribution is 0.0979. The Bertz CT molecular complexity index is 185. The Kier molecular flexibility index (Phi) is 9.68. The first kappa shape index (κ1) is 14.5. The van der Waals surface area contributed by atoms with E-state index in [-0.39, 0.29) is 6.10 Å². The van der Waals surface area contributed by atoms with Crippen LogP contribution in [0.3, 0.4) is 0 Å². The van der Waals surface area contributed by atoms with Gasteiger partial charge in [0.1, 0.15) is 6.10 Å². The van der Waals surface area contributed by atoms with Gasteiger partial charge in [0.15, 0.2) is 0 Å². The van der Waals surface area contributed by atoms with Gasteiger partial charge in [-0.25, -0.2) is 4.79 Å². The fraction of sp³-hybridized carbons (Fsp3) is 0.909. The maximum atomic E-state index is 10.8. The van der Waals surface area contributed by atoms with Crippen LogP contribution in [0.15, 0.2) is 4.36 Å². The third-order valence-electron chi connectivity index (χ3n) is 2.43. The van der Waals surface area contributed by atoms with Crippen LogP contribution in [0.1, 0.15) is 58.8 Å². The molecule has 0 saturated heterocycles. The standard InChI is InChI=1S/C11H21NO2S/c1-3-5-6-7-8-9-10(4-2)14-11(13)12-15/h10H,3-9H2,1-2H3. The molecule has 0 rings (SSSR count). The van der Waals surface area contributed by atoms with Gasteiger partial charge in [-0.05, 0) is 19.3 Å². The van der Waals surface area contributed by atoms with E-state index in [0.717, 1.165) is 19.3 Å². The molecular formula is C11H21NO2S. The molecule has 0 aromatic carbocycles. The first-order chi connectivity index (χ1) is 7.24. The molecular weight excluding hydrogens is 210 g/mol. The molecule has 0 heterocycles. The van der Waals surface area contributed by atoms with Crippen molar-refractivity contribution < 1.29 is 9.53 Å². The molecule has 1 atom stereocenters. The molecule has 0 bridgehead atoms. The number of carbonyl (C=O) groups is 1. The second-order valence-corrected chi connectivity index (χ2v) is 3.89. The average Bonchev–Trinajstić information content (AvgIpc) is 2.26. The smallest absolute Gasteiger partial charge is 0.444 e. The van der Waals surface area contributed by atoms with Crippen LogP contribution in [-0.4, -0.2) is 12.2 Å². The van der Waals surface area contributed by atoms with E-state index in [1.165, 1.54) is 25.7 Å². The molecule has 0 aromatic heterocycles. The highest BCUT2D eigenvalue weighted by Gasteiger charge is 2.10. The monoisotopic (exact) mass is 231 g/mol. The number of unbranched alkanes of at least 4 members (excludes halogenated alkanes) is 4. The minimum absolute atomic E-state index is 0.00849. The lowest BCUT2D eigenvalue weighted by atomic mass is 10.1. The van der Waals surface area contributed by atoms with Gasteiger partial charge in [0.05, 0.1) is 0 Å². The van der Waals surface area contributed by atoms with Gasteiger partial charge < -0.3 is 4.74 Å². The van der Waals surface area contributed by atoms with Crippen molar-refractivity contribution in [1.82, 2.24) is 0 Å². The van der Waals surface area contributed by atoms with Crippen LogP contribution in [0.4, 0.5) is 4.79 Å². The van der Waals surface area contributed by atoms with E-state index >= 15 is 0 Å². The van der Waals surface area contributed by atoms with Gasteiger partial charge in [0.2, 0.25) is 0 Å². The van der Waals surface area contributed by atoms with Crippen molar-refractivity contribution >= 4 is 18.5 Å². The fourth-order valence-electron chi connectivity index (χ4n) is 1.49. The highest BCUT2D eigenvalue weighted by molar-refractivity contribution is 7.47. The highest BCUT2D eigenvalue weighted by atomic mass is 32.1. The topological polar surface area (TPSA) is 38.7 Å². The summed E-state index contributed by atoms with van der Waals surface area (Å²) in [5.74, 6) is 0. The SMILES string of the molecule is CCCCCCCC(CC)OC(=O)N=S. The number of rotatable bonds is 8. The van der Waals surface area contributed by atoms with Gasteiger partial charge in [-0.1, -0.05) is 39.5 Å². The molecule has 4 heteroatoms. The quantitative estimate of drug-likeness (QED) is 0.593. The van der Waals surface area contributed by atoms with Gasteiger partial charge in [0.25, 0.3) is 0 Å². The lowest BCUT2D eigenvalue weighted by Crippen LogP contribution is -2.14. The van der Waals surface area contributed by atoms with Crippen LogP contribution in [0.5, 0.6) is 0 Å². The maximum Gasteiger partial charge on any atom is 0.445 e. The minimum atomic E-state index is -0.620. The van der Waals surface area contributed by atoms with Crippen molar-refractivity contribution in [3.63, 3.8) is 0 Å². The maximum absolute atomic E-state index is 10.8. The highest BCUT2D eigenvalue weighted by Crippen LogP contribution is 2.12. The molecule has 0 aliphatic heterocycles. The van der Waals surface area contributed by atoms with Gasteiger partial charge >= 0.3 is 6.09 Å². The van der Waals surface area contributed by atoms with Crippen LogP contribution >= 0.6 is 0 Å². The Labute approximate surface area is 97.8 Å². The molecule has 1 unspecified atom stereocenters. The first-order valence-corrected chi connectivity index (χ1v) is 6.15. The van der Waals surface area contributed by atoms with E-state index < -0.39 is 6.09 Å². The zero-order chi connectivity index (χ0) is 11.5. The van der Waals surface area contributed by atoms with Gasteiger partial charge in [-0.3, -0.25) is 0 Å². The molecule has 0 saturated carbocycles. The summed E-state index contributed by atoms with van der Waals surface area (Å²) in [6.07, 6.45) is 7.28. The zero-order valence-corrected chi connectivity index (χ0v) is 10.5. The second-order valence-electron chi connectivity index (χ2n) is 3.71. The summed E-state index contributed by atoms with van der Waals surface area (Å²) in [6.45, 7) is 4.20. The summed E-state index contributed by atoms with van der Waals surface area (Å²) in [6, 6.07) is 0. The summed E-state index contributed by atoms with van der Waals surface area (Å²) in [5.41, 5.74) is 0. The van der Waals surface area contributed by atoms with Crippen molar-refractivity contribution in [3.05, 3.63) is 0 Å². The van der Waals surface area contributed by atoms with Crippen molar-refractivity contribution in [2.24, 2.45) is 4.36 Å². The van der Waals surface area contributed by atoms with Gasteiger partial charge in [0, 0.05) is 12.4 Å². The van der Waals surface area contributed by atoms with E-state index in [9.17, 15) is 4.79 Å². The average molecular weight is 231 g/mol. The molecule has 0 aliphatic rings. The van der Waals surface area contributed by atoms with E-state index in [0.29, 0.717) is 0 Å². The van der Waals surface area contributed by atoms with Crippen molar-refractivity contribution in [1.29, 1.82) is 0 Å². The van der Waals surface area contributed by atoms with Crippen molar-refractivity contribution in [2.45, 2.75) is 64.9 Å². The Morgan fingerprint density at radius 1 is 1.27 bits per heavy atom. The molecule has 0 aliphatic carbocycles. The van der Waals surface area contributed by atoms with Crippen LogP contribution in [0.2, 0.25) is 0 Å². The number of ether oxygens (including phenoxy) is 1. The number of hydrogen-bond donors (Lipinski definition) is 0. The van der Waals surface area contributed by atoms with Gasteiger partial charge in [-0.15, -0.1) is 4.36 Å². The van der Waals surface area contributed by atoms with E-state index in [2.05, 4.69) is 23.7 Å². The lowest BCUT2D eigenvalue weighted by Gasteiger charge is -2.13. The Balaban J connectivity index is 3.52. The predicted octanol–water partition coefficient (Wildman–Crippen LogP) is 3.99. The summed E-state index contributed by atoms with van der Waals surface area (Å²) >= 11 is 4.26. The molecule has 88 valence electrons. The summed E-state index contributed by atoms with van der Waals surface area (Å²) < 4.78 is 8.10. The molecule has 0 radical (unpaired) electrons.